The third-order valence-corrected chi connectivity index (χ3v) is 3.16. The Kier molecular flexibility index (Phi) is 3.61. The van der Waals surface area contributed by atoms with Crippen LogP contribution in [0.1, 0.15) is 27.7 Å². The summed E-state index contributed by atoms with van der Waals surface area (Å²) in [6, 6.07) is 0. The van der Waals surface area contributed by atoms with Gasteiger partial charge in [-0.2, -0.15) is 0 Å². The molecular formula is C12H21NO6. The van der Waals surface area contributed by atoms with Crippen LogP contribution in [0.3, 0.4) is 0 Å². The van der Waals surface area contributed by atoms with Crippen molar-refractivity contribution in [2.24, 2.45) is 5.73 Å². The molecule has 1 amide bonds. The van der Waals surface area contributed by atoms with Crippen molar-refractivity contribution >= 4 is 5.91 Å². The highest BCUT2D eigenvalue weighted by Crippen LogP contribution is 2.36. The monoisotopic (exact) mass is 275 g/mol. The Morgan fingerprint density at radius 2 is 1.84 bits per heavy atom. The number of hydrogen-bond acceptors (Lipinski definition) is 6. The van der Waals surface area contributed by atoms with E-state index >= 15 is 0 Å². The number of ether oxygens (including phenoxy) is 4. The van der Waals surface area contributed by atoms with Crippen molar-refractivity contribution in [3.05, 3.63) is 0 Å². The molecule has 0 aromatic carbocycles. The topological polar surface area (TPSA) is 100 Å². The number of rotatable bonds is 3. The molecule has 7 nitrogen and oxygen atoms in total. The van der Waals surface area contributed by atoms with Crippen molar-refractivity contribution in [2.75, 3.05) is 6.61 Å². The summed E-state index contributed by atoms with van der Waals surface area (Å²) in [7, 11) is 0. The lowest BCUT2D eigenvalue weighted by molar-refractivity contribution is -0.175. The van der Waals surface area contributed by atoms with E-state index in [1.165, 1.54) is 0 Å². The summed E-state index contributed by atoms with van der Waals surface area (Å²) < 4.78 is 22.4. The Bertz CT molecular complexity index is 369. The van der Waals surface area contributed by atoms with Gasteiger partial charge in [-0.1, -0.05) is 0 Å². The zero-order valence-electron chi connectivity index (χ0n) is 11.6. The Morgan fingerprint density at radius 1 is 1.21 bits per heavy atom. The first-order valence-electron chi connectivity index (χ1n) is 6.26. The molecule has 19 heavy (non-hydrogen) atoms. The van der Waals surface area contributed by atoms with E-state index in [-0.39, 0.29) is 0 Å². The minimum Gasteiger partial charge on any atom is -0.380 e. The van der Waals surface area contributed by atoms with Crippen LogP contribution in [0.25, 0.3) is 0 Å². The molecule has 0 radical (unpaired) electrons. The summed E-state index contributed by atoms with van der Waals surface area (Å²) in [5.41, 5.74) is 5.12. The van der Waals surface area contributed by atoms with Crippen LogP contribution in [0.15, 0.2) is 0 Å². The molecule has 3 N–H and O–H groups in total. The smallest absolute Gasteiger partial charge is 0.249 e. The largest absolute Gasteiger partial charge is 0.380 e. The maximum atomic E-state index is 11.1. The zero-order valence-corrected chi connectivity index (χ0v) is 11.6. The fraction of sp³-hybridized carbons (Fsp3) is 0.917. The molecule has 0 aromatic heterocycles. The Hall–Kier alpha value is -0.730. The van der Waals surface area contributed by atoms with E-state index in [4.69, 9.17) is 24.7 Å². The van der Waals surface area contributed by atoms with Gasteiger partial charge in [-0.15, -0.1) is 0 Å². The summed E-state index contributed by atoms with van der Waals surface area (Å²) in [5, 5.41) is 9.84. The van der Waals surface area contributed by atoms with Crippen molar-refractivity contribution in [3.8, 4) is 0 Å². The standard InChI is InChI=1S/C12H21NO6/c1-11(2)16-5-6(17-11)8-9(7(14)10(13)15)19-12(3,4)18-8/h6-9,14H,5H2,1-4H3,(H2,13,15)/t6-,7?,8-,9?/m1/s1. The Labute approximate surface area is 111 Å². The molecule has 0 aromatic rings. The van der Waals surface area contributed by atoms with Crippen molar-refractivity contribution in [2.45, 2.75) is 63.7 Å². The van der Waals surface area contributed by atoms with Crippen molar-refractivity contribution in [1.29, 1.82) is 0 Å². The van der Waals surface area contributed by atoms with E-state index < -0.39 is 41.9 Å². The summed E-state index contributed by atoms with van der Waals surface area (Å²) in [5.74, 6) is -2.49. The number of aliphatic hydroxyl groups is 1. The van der Waals surface area contributed by atoms with Gasteiger partial charge in [0.15, 0.2) is 17.7 Å². The van der Waals surface area contributed by atoms with Gasteiger partial charge in [0.05, 0.1) is 6.61 Å². The molecule has 2 saturated heterocycles. The van der Waals surface area contributed by atoms with Gasteiger partial charge in [0, 0.05) is 0 Å². The van der Waals surface area contributed by atoms with Crippen molar-refractivity contribution < 1.29 is 28.8 Å². The molecule has 2 aliphatic rings. The summed E-state index contributed by atoms with van der Waals surface area (Å²) in [6.07, 6.45) is -3.34. The Balaban J connectivity index is 2.15. The van der Waals surface area contributed by atoms with Gasteiger partial charge in [0.1, 0.15) is 18.3 Å². The first-order valence-corrected chi connectivity index (χ1v) is 6.26. The average molecular weight is 275 g/mol. The van der Waals surface area contributed by atoms with Crippen LogP contribution in [0.5, 0.6) is 0 Å². The molecule has 2 unspecified atom stereocenters. The van der Waals surface area contributed by atoms with Gasteiger partial charge < -0.3 is 29.8 Å². The van der Waals surface area contributed by atoms with Gasteiger partial charge in [-0.05, 0) is 27.7 Å². The lowest BCUT2D eigenvalue weighted by Crippen LogP contribution is -2.48. The van der Waals surface area contributed by atoms with Crippen molar-refractivity contribution in [3.63, 3.8) is 0 Å². The van der Waals surface area contributed by atoms with Gasteiger partial charge in [-0.25, -0.2) is 0 Å². The van der Waals surface area contributed by atoms with Crippen LogP contribution in [0.4, 0.5) is 0 Å². The lowest BCUT2D eigenvalue weighted by Gasteiger charge is -2.25. The van der Waals surface area contributed by atoms with E-state index in [0.29, 0.717) is 6.61 Å². The molecule has 0 aliphatic carbocycles. The number of primary amides is 1. The second-order valence-corrected chi connectivity index (χ2v) is 5.78. The molecule has 2 rings (SSSR count). The highest BCUT2D eigenvalue weighted by atomic mass is 16.8. The van der Waals surface area contributed by atoms with Gasteiger partial charge >= 0.3 is 0 Å². The summed E-state index contributed by atoms with van der Waals surface area (Å²) in [6.45, 7) is 7.28. The summed E-state index contributed by atoms with van der Waals surface area (Å²) >= 11 is 0. The van der Waals surface area contributed by atoms with E-state index in [1.807, 2.05) is 0 Å². The fourth-order valence-corrected chi connectivity index (χ4v) is 2.39. The first kappa shape index (κ1) is 14.7. The van der Waals surface area contributed by atoms with Crippen molar-refractivity contribution in [1.82, 2.24) is 0 Å². The minimum absolute atomic E-state index is 0.305. The number of aliphatic hydroxyl groups excluding tert-OH is 1. The SMILES string of the molecule is CC1(C)OC[C@H]([C@H]2OC(C)(C)OC2C(O)C(N)=O)O1. The first-order chi connectivity index (χ1) is 8.61. The molecule has 0 spiro atoms. The number of carbonyl (C=O) groups excluding carboxylic acids is 1. The number of carbonyl (C=O) groups is 1. The number of hydrogen-bond donors (Lipinski definition) is 2. The highest BCUT2D eigenvalue weighted by Gasteiger charge is 2.52. The third kappa shape index (κ3) is 3.06. The lowest BCUT2D eigenvalue weighted by atomic mass is 10.0. The van der Waals surface area contributed by atoms with E-state index in [2.05, 4.69) is 0 Å². The normalized spacial score (nSPS) is 38.3. The molecular weight excluding hydrogens is 254 g/mol. The van der Waals surface area contributed by atoms with Crippen LogP contribution in [-0.2, 0) is 23.7 Å². The van der Waals surface area contributed by atoms with E-state index in [0.717, 1.165) is 0 Å². The molecule has 2 aliphatic heterocycles. The fourth-order valence-electron chi connectivity index (χ4n) is 2.39. The van der Waals surface area contributed by atoms with Gasteiger partial charge in [0.25, 0.3) is 0 Å². The molecule has 110 valence electrons. The van der Waals surface area contributed by atoms with Crippen LogP contribution in [0, 0.1) is 0 Å². The van der Waals surface area contributed by atoms with Gasteiger partial charge in [0.2, 0.25) is 5.91 Å². The van der Waals surface area contributed by atoms with Crippen LogP contribution < -0.4 is 5.73 Å². The highest BCUT2D eigenvalue weighted by molar-refractivity contribution is 5.79. The second-order valence-electron chi connectivity index (χ2n) is 5.78. The average Bonchev–Trinajstić information content (AvgIpc) is 2.77. The number of amides is 1. The molecule has 7 heteroatoms. The minimum atomic E-state index is -1.45. The maximum Gasteiger partial charge on any atom is 0.249 e. The maximum absolute atomic E-state index is 11.1. The molecule has 4 atom stereocenters. The second kappa shape index (κ2) is 4.68. The van der Waals surface area contributed by atoms with Gasteiger partial charge in [-0.3, -0.25) is 4.79 Å². The zero-order chi connectivity index (χ0) is 14.4. The third-order valence-electron chi connectivity index (χ3n) is 3.16. The molecule has 2 heterocycles. The predicted octanol–water partition coefficient (Wildman–Crippen LogP) is -0.496. The number of nitrogens with two attached hydrogens (primary N) is 1. The molecule has 0 saturated carbocycles. The van der Waals surface area contributed by atoms with Crippen LogP contribution >= 0.6 is 0 Å². The quantitative estimate of drug-likeness (QED) is 0.720. The van der Waals surface area contributed by atoms with E-state index in [1.54, 1.807) is 27.7 Å². The molecule has 0 bridgehead atoms. The molecule has 2 fully saturated rings. The summed E-state index contributed by atoms with van der Waals surface area (Å²) in [4.78, 5) is 11.1. The van der Waals surface area contributed by atoms with Crippen LogP contribution in [0.2, 0.25) is 0 Å². The van der Waals surface area contributed by atoms with Crippen LogP contribution in [-0.4, -0.2) is 53.6 Å². The predicted molar refractivity (Wildman–Crippen MR) is 63.9 cm³/mol. The Morgan fingerprint density at radius 3 is 2.32 bits per heavy atom. The van der Waals surface area contributed by atoms with E-state index in [9.17, 15) is 9.90 Å².